The Morgan fingerprint density at radius 3 is 2.48 bits per heavy atom. The van der Waals surface area contributed by atoms with Gasteiger partial charge in [0, 0.05) is 17.5 Å². The molecule has 0 radical (unpaired) electrons. The molecule has 0 saturated carbocycles. The normalized spacial score (nSPS) is 10.7. The minimum Gasteiger partial charge on any atom is -0.478 e. The van der Waals surface area contributed by atoms with Crippen LogP contribution >= 0.6 is 27.3 Å². The Balaban J connectivity index is 1.86. The first-order valence-corrected chi connectivity index (χ1v) is 7.69. The second-order valence-corrected chi connectivity index (χ2v) is 6.69. The number of nitrogens with one attached hydrogen (secondary N) is 1. The molecule has 0 fully saturated rings. The summed E-state index contributed by atoms with van der Waals surface area (Å²) in [7, 11) is 0. The van der Waals surface area contributed by atoms with Crippen LogP contribution in [0, 0.1) is 0 Å². The van der Waals surface area contributed by atoms with E-state index in [1.807, 2.05) is 12.1 Å². The molecule has 2 aromatic rings. The number of carboxylic acids is 1. The van der Waals surface area contributed by atoms with E-state index < -0.39 is 5.97 Å². The van der Waals surface area contributed by atoms with Crippen molar-refractivity contribution >= 4 is 45.2 Å². The molecule has 0 atom stereocenters. The Kier molecular flexibility index (Phi) is 5.30. The first-order valence-electron chi connectivity index (χ1n) is 6.08. The van der Waals surface area contributed by atoms with Crippen LogP contribution in [-0.2, 0) is 11.3 Å². The lowest BCUT2D eigenvalue weighted by atomic mass is 10.1. The van der Waals surface area contributed by atoms with Gasteiger partial charge in [-0.1, -0.05) is 12.1 Å². The molecule has 4 nitrogen and oxygen atoms in total. The van der Waals surface area contributed by atoms with Crippen LogP contribution in [0.25, 0.3) is 6.08 Å². The topological polar surface area (TPSA) is 66.4 Å². The number of carbonyl (C=O) groups excluding carboxylic acids is 1. The molecule has 2 rings (SSSR count). The maximum absolute atomic E-state index is 11.7. The van der Waals surface area contributed by atoms with Crippen LogP contribution in [0.5, 0.6) is 0 Å². The molecule has 0 aliphatic carbocycles. The van der Waals surface area contributed by atoms with Gasteiger partial charge in [0.25, 0.3) is 0 Å². The number of carbonyl (C=O) groups is 2. The molecule has 1 heterocycles. The number of amides is 1. The van der Waals surface area contributed by atoms with E-state index >= 15 is 0 Å². The zero-order valence-corrected chi connectivity index (χ0v) is 13.3. The molecule has 1 aromatic heterocycles. The highest BCUT2D eigenvalue weighted by atomic mass is 79.9. The molecule has 0 aliphatic heterocycles. The quantitative estimate of drug-likeness (QED) is 0.796. The smallest absolute Gasteiger partial charge is 0.335 e. The predicted molar refractivity (Wildman–Crippen MR) is 86.3 cm³/mol. The average molecular weight is 366 g/mol. The Hall–Kier alpha value is -1.92. The molecule has 6 heteroatoms. The van der Waals surface area contributed by atoms with E-state index in [4.69, 9.17) is 5.11 Å². The fourth-order valence-electron chi connectivity index (χ4n) is 1.59. The van der Waals surface area contributed by atoms with Crippen molar-refractivity contribution < 1.29 is 14.7 Å². The monoisotopic (exact) mass is 365 g/mol. The number of hydrogen-bond acceptors (Lipinski definition) is 3. The molecule has 0 aliphatic rings. The molecule has 2 N–H and O–H groups in total. The minimum atomic E-state index is -0.962. The number of aromatic carboxylic acids is 1. The fourth-order valence-corrected chi connectivity index (χ4v) is 2.92. The van der Waals surface area contributed by atoms with E-state index in [0.29, 0.717) is 6.54 Å². The van der Waals surface area contributed by atoms with E-state index in [9.17, 15) is 9.59 Å². The van der Waals surface area contributed by atoms with Gasteiger partial charge < -0.3 is 10.4 Å². The van der Waals surface area contributed by atoms with Crippen LogP contribution in [0.1, 0.15) is 20.8 Å². The number of carboxylic acid groups (broad SMARTS) is 1. The number of rotatable bonds is 5. The molecule has 0 spiro atoms. The van der Waals surface area contributed by atoms with E-state index in [2.05, 4.69) is 21.2 Å². The van der Waals surface area contributed by atoms with Crippen LogP contribution < -0.4 is 5.32 Å². The summed E-state index contributed by atoms with van der Waals surface area (Å²) in [5.74, 6) is -1.16. The van der Waals surface area contributed by atoms with Crippen molar-refractivity contribution in [1.29, 1.82) is 0 Å². The number of benzene rings is 1. The van der Waals surface area contributed by atoms with Gasteiger partial charge >= 0.3 is 5.97 Å². The van der Waals surface area contributed by atoms with Gasteiger partial charge in [0.15, 0.2) is 0 Å². The van der Waals surface area contributed by atoms with Crippen molar-refractivity contribution in [2.24, 2.45) is 0 Å². The molecule has 21 heavy (non-hydrogen) atoms. The van der Waals surface area contributed by atoms with Crippen molar-refractivity contribution in [2.75, 3.05) is 0 Å². The molecule has 108 valence electrons. The molecule has 0 saturated heterocycles. The zero-order chi connectivity index (χ0) is 15.2. The fraction of sp³-hybridized carbons (Fsp3) is 0.0667. The van der Waals surface area contributed by atoms with E-state index in [1.54, 1.807) is 29.5 Å². The highest BCUT2D eigenvalue weighted by Gasteiger charge is 2.02. The maximum Gasteiger partial charge on any atom is 0.335 e. The number of thiophene rings is 1. The zero-order valence-electron chi connectivity index (χ0n) is 10.9. The van der Waals surface area contributed by atoms with E-state index in [0.717, 1.165) is 14.2 Å². The van der Waals surface area contributed by atoms with Crippen molar-refractivity contribution in [3.05, 3.63) is 62.3 Å². The Bertz CT molecular complexity index is 676. The predicted octanol–water partition coefficient (Wildman–Crippen LogP) is 3.54. The SMILES string of the molecule is O=C(/C=C/c1ccc(Br)s1)NCc1ccc(C(=O)O)cc1. The minimum absolute atomic E-state index is 0.193. The molecule has 0 unspecified atom stereocenters. The van der Waals surface area contributed by atoms with Gasteiger partial charge in [0.1, 0.15) is 0 Å². The highest BCUT2D eigenvalue weighted by Crippen LogP contribution is 2.22. The summed E-state index contributed by atoms with van der Waals surface area (Å²) in [6.45, 7) is 0.358. The number of halogens is 1. The highest BCUT2D eigenvalue weighted by molar-refractivity contribution is 9.11. The van der Waals surface area contributed by atoms with Gasteiger partial charge in [-0.3, -0.25) is 4.79 Å². The largest absolute Gasteiger partial charge is 0.478 e. The summed E-state index contributed by atoms with van der Waals surface area (Å²) in [4.78, 5) is 23.4. The summed E-state index contributed by atoms with van der Waals surface area (Å²) in [6, 6.07) is 10.2. The molecule has 1 aromatic carbocycles. The van der Waals surface area contributed by atoms with Crippen LogP contribution in [0.4, 0.5) is 0 Å². The number of hydrogen-bond donors (Lipinski definition) is 2. The summed E-state index contributed by atoms with van der Waals surface area (Å²) >= 11 is 4.90. The third-order valence-electron chi connectivity index (χ3n) is 2.66. The van der Waals surface area contributed by atoms with Gasteiger partial charge in [-0.05, 0) is 51.8 Å². The van der Waals surface area contributed by atoms with Crippen molar-refractivity contribution in [2.45, 2.75) is 6.54 Å². The molecular formula is C15H12BrNO3S. The van der Waals surface area contributed by atoms with Crippen molar-refractivity contribution in [3.63, 3.8) is 0 Å². The lowest BCUT2D eigenvalue weighted by Crippen LogP contribution is -2.20. The second-order valence-electron chi connectivity index (χ2n) is 4.20. The molecule has 1 amide bonds. The second kappa shape index (κ2) is 7.19. The van der Waals surface area contributed by atoms with E-state index in [-0.39, 0.29) is 11.5 Å². The van der Waals surface area contributed by atoms with Crippen molar-refractivity contribution in [1.82, 2.24) is 5.32 Å². The average Bonchev–Trinajstić information content (AvgIpc) is 2.89. The van der Waals surface area contributed by atoms with Gasteiger partial charge in [-0.25, -0.2) is 4.79 Å². The summed E-state index contributed by atoms with van der Waals surface area (Å²) in [6.07, 6.45) is 3.22. The molecule has 0 bridgehead atoms. The lowest BCUT2D eigenvalue weighted by Gasteiger charge is -2.03. The van der Waals surface area contributed by atoms with Crippen LogP contribution in [0.3, 0.4) is 0 Å². The first kappa shape index (κ1) is 15.5. The Morgan fingerprint density at radius 1 is 1.19 bits per heavy atom. The lowest BCUT2D eigenvalue weighted by molar-refractivity contribution is -0.116. The third-order valence-corrected chi connectivity index (χ3v) is 4.25. The van der Waals surface area contributed by atoms with Gasteiger partial charge in [-0.2, -0.15) is 0 Å². The third kappa shape index (κ3) is 4.84. The summed E-state index contributed by atoms with van der Waals surface area (Å²) < 4.78 is 1.01. The van der Waals surface area contributed by atoms with Gasteiger partial charge in [0.2, 0.25) is 5.91 Å². The van der Waals surface area contributed by atoms with Gasteiger partial charge in [0.05, 0.1) is 9.35 Å². The standard InChI is InChI=1S/C15H12BrNO3S/c16-13-7-5-12(21-13)6-8-14(18)17-9-10-1-3-11(4-2-10)15(19)20/h1-8H,9H2,(H,17,18)(H,19,20)/b8-6+. The maximum atomic E-state index is 11.7. The summed E-state index contributed by atoms with van der Waals surface area (Å²) in [5, 5.41) is 11.5. The van der Waals surface area contributed by atoms with Gasteiger partial charge in [-0.15, -0.1) is 11.3 Å². The van der Waals surface area contributed by atoms with Crippen molar-refractivity contribution in [3.8, 4) is 0 Å². The van der Waals surface area contributed by atoms with Crippen LogP contribution in [0.2, 0.25) is 0 Å². The van der Waals surface area contributed by atoms with Crippen LogP contribution in [-0.4, -0.2) is 17.0 Å². The van der Waals surface area contributed by atoms with Crippen LogP contribution in [0.15, 0.2) is 46.3 Å². The van der Waals surface area contributed by atoms with E-state index in [1.165, 1.54) is 18.2 Å². The Labute approximate surface area is 134 Å². The first-order chi connectivity index (χ1) is 10.0. The Morgan fingerprint density at radius 2 is 1.90 bits per heavy atom. The summed E-state index contributed by atoms with van der Waals surface area (Å²) in [5.41, 5.74) is 1.08. The molecular weight excluding hydrogens is 354 g/mol.